The minimum absolute atomic E-state index is 0.225. The number of nitrogens with one attached hydrogen (secondary N) is 2. The molecule has 0 aliphatic carbocycles. The molecule has 0 aliphatic rings. The van der Waals surface area contributed by atoms with Gasteiger partial charge in [-0.1, -0.05) is 17.7 Å². The van der Waals surface area contributed by atoms with Gasteiger partial charge in [0.2, 0.25) is 0 Å². The Hall–Kier alpha value is -3.31. The van der Waals surface area contributed by atoms with Crippen LogP contribution in [0.5, 0.6) is 0 Å². The van der Waals surface area contributed by atoms with Gasteiger partial charge in [0, 0.05) is 27.6 Å². The zero-order valence-electron chi connectivity index (χ0n) is 14.5. The molecule has 0 unspecified atom stereocenters. The molecule has 0 atom stereocenters. The molecule has 0 fully saturated rings. The predicted octanol–water partition coefficient (Wildman–Crippen LogP) is 5.12. The van der Waals surface area contributed by atoms with Gasteiger partial charge in [-0.15, -0.1) is 0 Å². The van der Waals surface area contributed by atoms with Crippen molar-refractivity contribution in [2.24, 2.45) is 0 Å². The summed E-state index contributed by atoms with van der Waals surface area (Å²) in [5, 5.41) is 6.57. The van der Waals surface area contributed by atoms with Crippen LogP contribution in [0.1, 0.15) is 20.7 Å². The van der Waals surface area contributed by atoms with Crippen LogP contribution in [0.3, 0.4) is 0 Å². The normalized spacial score (nSPS) is 10.1. The maximum absolute atomic E-state index is 12.2. The Bertz CT molecular complexity index is 954. The average molecular weight is 381 g/mol. The number of carbonyl (C=O) groups is 2. The zero-order valence-corrected chi connectivity index (χ0v) is 15.3. The molecule has 6 heteroatoms. The number of methoxy groups -OCH3 is 1. The van der Waals surface area contributed by atoms with Gasteiger partial charge in [0.25, 0.3) is 5.91 Å². The lowest BCUT2D eigenvalue weighted by Crippen LogP contribution is -2.11. The summed E-state index contributed by atoms with van der Waals surface area (Å²) in [7, 11) is 1.35. The second-order valence-corrected chi connectivity index (χ2v) is 6.17. The summed E-state index contributed by atoms with van der Waals surface area (Å²) >= 11 is 5.91. The van der Waals surface area contributed by atoms with Crippen molar-refractivity contribution in [2.45, 2.75) is 0 Å². The third-order valence-electron chi connectivity index (χ3n) is 3.82. The van der Waals surface area contributed by atoms with Crippen LogP contribution in [0.2, 0.25) is 5.02 Å². The van der Waals surface area contributed by atoms with E-state index >= 15 is 0 Å². The SMILES string of the molecule is COC(=O)c1ccc(Nc2ccc(NC(=O)c3cccc(Cl)c3)cc2)cc1. The Labute approximate surface area is 161 Å². The van der Waals surface area contributed by atoms with Crippen molar-refractivity contribution in [3.05, 3.63) is 88.9 Å². The number of carbonyl (C=O) groups excluding carboxylic acids is 2. The van der Waals surface area contributed by atoms with Crippen molar-refractivity contribution in [3.8, 4) is 0 Å². The molecule has 1 amide bonds. The van der Waals surface area contributed by atoms with Gasteiger partial charge in [0.05, 0.1) is 12.7 Å². The Balaban J connectivity index is 1.63. The fourth-order valence-corrected chi connectivity index (χ4v) is 2.63. The fraction of sp³-hybridized carbons (Fsp3) is 0.0476. The van der Waals surface area contributed by atoms with E-state index in [1.54, 1.807) is 60.7 Å². The third-order valence-corrected chi connectivity index (χ3v) is 4.06. The van der Waals surface area contributed by atoms with Gasteiger partial charge in [-0.25, -0.2) is 4.79 Å². The Morgan fingerprint density at radius 2 is 1.41 bits per heavy atom. The highest BCUT2D eigenvalue weighted by molar-refractivity contribution is 6.31. The maximum Gasteiger partial charge on any atom is 0.337 e. The zero-order chi connectivity index (χ0) is 19.2. The highest BCUT2D eigenvalue weighted by Crippen LogP contribution is 2.20. The van der Waals surface area contributed by atoms with Crippen LogP contribution in [0.15, 0.2) is 72.8 Å². The summed E-state index contributed by atoms with van der Waals surface area (Å²) in [6.45, 7) is 0. The van der Waals surface area contributed by atoms with E-state index in [-0.39, 0.29) is 11.9 Å². The van der Waals surface area contributed by atoms with Gasteiger partial charge in [0.1, 0.15) is 0 Å². The van der Waals surface area contributed by atoms with Crippen molar-refractivity contribution in [2.75, 3.05) is 17.7 Å². The van der Waals surface area contributed by atoms with Crippen molar-refractivity contribution in [1.29, 1.82) is 0 Å². The Morgan fingerprint density at radius 3 is 2.00 bits per heavy atom. The first-order valence-electron chi connectivity index (χ1n) is 8.17. The van der Waals surface area contributed by atoms with Gasteiger partial charge in [-0.3, -0.25) is 4.79 Å². The largest absolute Gasteiger partial charge is 0.465 e. The van der Waals surface area contributed by atoms with Gasteiger partial charge < -0.3 is 15.4 Å². The fourth-order valence-electron chi connectivity index (χ4n) is 2.44. The summed E-state index contributed by atoms with van der Waals surface area (Å²) in [5.41, 5.74) is 3.34. The molecule has 0 heterocycles. The molecule has 27 heavy (non-hydrogen) atoms. The molecule has 3 aromatic carbocycles. The molecule has 0 saturated carbocycles. The first-order chi connectivity index (χ1) is 13.0. The number of amides is 1. The van der Waals surface area contributed by atoms with Crippen LogP contribution in [0, 0.1) is 0 Å². The van der Waals surface area contributed by atoms with Crippen molar-refractivity contribution < 1.29 is 14.3 Å². The molecule has 5 nitrogen and oxygen atoms in total. The highest BCUT2D eigenvalue weighted by atomic mass is 35.5. The second-order valence-electron chi connectivity index (χ2n) is 5.74. The molecule has 3 rings (SSSR count). The topological polar surface area (TPSA) is 67.4 Å². The summed E-state index contributed by atoms with van der Waals surface area (Å²) in [6, 6.07) is 21.0. The smallest absolute Gasteiger partial charge is 0.337 e. The van der Waals surface area contributed by atoms with Crippen LogP contribution in [-0.4, -0.2) is 19.0 Å². The van der Waals surface area contributed by atoms with E-state index < -0.39 is 0 Å². The van der Waals surface area contributed by atoms with E-state index in [1.165, 1.54) is 7.11 Å². The van der Waals surface area contributed by atoms with Crippen LogP contribution < -0.4 is 10.6 Å². The molecule has 0 saturated heterocycles. The molecule has 0 spiro atoms. The highest BCUT2D eigenvalue weighted by Gasteiger charge is 2.07. The van der Waals surface area contributed by atoms with E-state index in [1.807, 2.05) is 12.1 Å². The molecule has 0 aromatic heterocycles. The van der Waals surface area contributed by atoms with Crippen LogP contribution in [0.4, 0.5) is 17.1 Å². The van der Waals surface area contributed by atoms with Crippen molar-refractivity contribution in [3.63, 3.8) is 0 Å². The molecular formula is C21H17ClN2O3. The van der Waals surface area contributed by atoms with E-state index in [4.69, 9.17) is 11.6 Å². The van der Waals surface area contributed by atoms with Crippen molar-refractivity contribution in [1.82, 2.24) is 0 Å². The quantitative estimate of drug-likeness (QED) is 0.602. The molecule has 0 radical (unpaired) electrons. The summed E-state index contributed by atoms with van der Waals surface area (Å²) in [6.07, 6.45) is 0. The number of esters is 1. The number of hydrogen-bond acceptors (Lipinski definition) is 4. The Kier molecular flexibility index (Phi) is 5.74. The first kappa shape index (κ1) is 18.5. The van der Waals surface area contributed by atoms with Gasteiger partial charge in [0.15, 0.2) is 0 Å². The van der Waals surface area contributed by atoms with E-state index in [0.717, 1.165) is 11.4 Å². The second kappa shape index (κ2) is 8.38. The molecule has 136 valence electrons. The number of hydrogen-bond donors (Lipinski definition) is 2. The van der Waals surface area contributed by atoms with Crippen LogP contribution in [-0.2, 0) is 4.74 Å². The van der Waals surface area contributed by atoms with E-state index in [0.29, 0.717) is 21.8 Å². The number of anilines is 3. The van der Waals surface area contributed by atoms with E-state index in [9.17, 15) is 9.59 Å². The molecule has 3 aromatic rings. The third kappa shape index (κ3) is 4.86. The lowest BCUT2D eigenvalue weighted by atomic mass is 10.2. The summed E-state index contributed by atoms with van der Waals surface area (Å²) in [4.78, 5) is 23.7. The Morgan fingerprint density at radius 1 is 0.815 bits per heavy atom. The summed E-state index contributed by atoms with van der Waals surface area (Å²) < 4.78 is 4.68. The van der Waals surface area contributed by atoms with Gasteiger partial charge in [-0.05, 0) is 66.7 Å². The summed E-state index contributed by atoms with van der Waals surface area (Å²) in [5.74, 6) is -0.599. The van der Waals surface area contributed by atoms with Crippen LogP contribution >= 0.6 is 11.6 Å². The predicted molar refractivity (Wildman–Crippen MR) is 107 cm³/mol. The molecular weight excluding hydrogens is 364 g/mol. The molecule has 0 bridgehead atoms. The number of rotatable bonds is 5. The maximum atomic E-state index is 12.2. The average Bonchev–Trinajstić information content (AvgIpc) is 2.69. The first-order valence-corrected chi connectivity index (χ1v) is 8.55. The number of ether oxygens (including phenoxy) is 1. The van der Waals surface area contributed by atoms with Gasteiger partial charge >= 0.3 is 5.97 Å². The van der Waals surface area contributed by atoms with Gasteiger partial charge in [-0.2, -0.15) is 0 Å². The monoisotopic (exact) mass is 380 g/mol. The lowest BCUT2D eigenvalue weighted by Gasteiger charge is -2.09. The molecule has 0 aliphatic heterocycles. The van der Waals surface area contributed by atoms with E-state index in [2.05, 4.69) is 15.4 Å². The number of benzene rings is 3. The standard InChI is InChI=1S/C21H17ClN2O3/c1-27-21(26)14-5-7-17(8-6-14)23-18-9-11-19(12-10-18)24-20(25)15-3-2-4-16(22)13-15/h2-13,23H,1H3,(H,24,25). The minimum Gasteiger partial charge on any atom is -0.465 e. The number of halogens is 1. The van der Waals surface area contributed by atoms with Crippen molar-refractivity contribution >= 4 is 40.5 Å². The lowest BCUT2D eigenvalue weighted by molar-refractivity contribution is 0.0600. The molecule has 2 N–H and O–H groups in total. The minimum atomic E-state index is -0.374. The van der Waals surface area contributed by atoms with Crippen LogP contribution in [0.25, 0.3) is 0 Å².